The van der Waals surface area contributed by atoms with Crippen LogP contribution < -0.4 is 0 Å². The maximum atomic E-state index is 2.63. The number of thiophene rings is 4. The molecule has 0 radical (unpaired) electrons. The monoisotopic (exact) mass is 888 g/mol. The fraction of sp³-hybridized carbons (Fsp3) is 0.520. The molecule has 58 heavy (non-hydrogen) atoms. The summed E-state index contributed by atoms with van der Waals surface area (Å²) in [6.45, 7) is 6.77. The van der Waals surface area contributed by atoms with Crippen LogP contribution in [0.1, 0.15) is 142 Å². The quantitative estimate of drug-likeness (QED) is 0.0343. The molecule has 0 aliphatic rings. The third-order valence-electron chi connectivity index (χ3n) is 11.5. The number of rotatable bonds is 29. The van der Waals surface area contributed by atoms with Gasteiger partial charge in [0.1, 0.15) is 0 Å². The van der Waals surface area contributed by atoms with Crippen molar-refractivity contribution in [3.05, 3.63) is 72.8 Å². The van der Waals surface area contributed by atoms with E-state index in [4.69, 9.17) is 0 Å². The van der Waals surface area contributed by atoms with Gasteiger partial charge in [-0.1, -0.05) is 129 Å². The van der Waals surface area contributed by atoms with E-state index in [9.17, 15) is 0 Å². The first-order chi connectivity index (χ1) is 28.6. The second-order valence-electron chi connectivity index (χ2n) is 15.8. The first kappa shape index (κ1) is 45.6. The Hall–Kier alpha value is -1.94. The van der Waals surface area contributed by atoms with Crippen LogP contribution in [-0.4, -0.2) is 21.6 Å². The largest absolute Gasteiger partial charge is 0.339 e. The third kappa shape index (κ3) is 13.0. The molecule has 0 fully saturated rings. The Morgan fingerprint density at radius 3 is 0.914 bits per heavy atom. The summed E-state index contributed by atoms with van der Waals surface area (Å²) in [4.78, 5) is 8.26. The SMILES string of the molecule is CCCCCCCCCCCCn1c(-c2ccc(SC)s2)ccc1-c1ccc(-c2ccc(-c3ccc(-c4ccc(SC)s4)n3CCCCCCCCCCCC)s2)s1. The zero-order valence-corrected chi connectivity index (χ0v) is 40.7. The molecule has 0 spiro atoms. The number of nitrogens with zero attached hydrogens (tertiary/aromatic N) is 2. The smallest absolute Gasteiger partial charge is 0.0603 e. The van der Waals surface area contributed by atoms with Crippen molar-refractivity contribution in [2.75, 3.05) is 12.5 Å². The van der Waals surface area contributed by atoms with Gasteiger partial charge < -0.3 is 9.13 Å². The van der Waals surface area contributed by atoms with E-state index in [0.29, 0.717) is 0 Å². The van der Waals surface area contributed by atoms with Crippen LogP contribution in [-0.2, 0) is 13.1 Å². The van der Waals surface area contributed by atoms with Crippen molar-refractivity contribution in [2.45, 2.75) is 164 Å². The molecule has 0 unspecified atom stereocenters. The first-order valence-electron chi connectivity index (χ1n) is 22.5. The Kier molecular flexibility index (Phi) is 19.7. The first-order valence-corrected chi connectivity index (χ1v) is 28.2. The molecule has 0 aromatic carbocycles. The van der Waals surface area contributed by atoms with Crippen molar-refractivity contribution in [3.8, 4) is 52.0 Å². The lowest BCUT2D eigenvalue weighted by molar-refractivity contribution is 0.538. The van der Waals surface area contributed by atoms with Gasteiger partial charge in [0.2, 0.25) is 0 Å². The highest BCUT2D eigenvalue weighted by atomic mass is 32.2. The Bertz CT molecular complexity index is 1890. The normalized spacial score (nSPS) is 11.7. The number of hydrogen-bond acceptors (Lipinski definition) is 6. The lowest BCUT2D eigenvalue weighted by Crippen LogP contribution is -2.01. The van der Waals surface area contributed by atoms with E-state index >= 15 is 0 Å². The molecule has 0 bridgehead atoms. The predicted molar refractivity (Wildman–Crippen MR) is 268 cm³/mol. The molecule has 0 atom stereocenters. The molecule has 8 heteroatoms. The van der Waals surface area contributed by atoms with E-state index in [-0.39, 0.29) is 0 Å². The maximum absolute atomic E-state index is 2.63. The maximum Gasteiger partial charge on any atom is 0.0603 e. The van der Waals surface area contributed by atoms with Crippen LogP contribution in [0.5, 0.6) is 0 Å². The molecule has 0 saturated carbocycles. The summed E-state index contributed by atoms with van der Waals surface area (Å²) in [5.41, 5.74) is 5.49. The van der Waals surface area contributed by atoms with Crippen molar-refractivity contribution in [1.82, 2.24) is 9.13 Å². The highest BCUT2D eigenvalue weighted by Gasteiger charge is 2.19. The highest BCUT2D eigenvalue weighted by Crippen LogP contribution is 2.44. The molecule has 6 aromatic heterocycles. The second-order valence-corrected chi connectivity index (χ2v) is 22.4. The lowest BCUT2D eigenvalue weighted by Gasteiger charge is -2.12. The van der Waals surface area contributed by atoms with E-state index in [1.165, 1.54) is 189 Å². The minimum absolute atomic E-state index is 1.08. The molecule has 0 saturated heterocycles. The van der Waals surface area contributed by atoms with Gasteiger partial charge in [-0.15, -0.1) is 68.9 Å². The molecule has 6 rings (SSSR count). The van der Waals surface area contributed by atoms with Crippen molar-refractivity contribution < 1.29 is 0 Å². The Morgan fingerprint density at radius 2 is 0.603 bits per heavy atom. The second kappa shape index (κ2) is 25.1. The van der Waals surface area contributed by atoms with Crippen LogP contribution in [0.15, 0.2) is 81.2 Å². The molecule has 2 nitrogen and oxygen atoms in total. The zero-order chi connectivity index (χ0) is 40.4. The Labute approximate surface area is 376 Å². The molecule has 0 aliphatic heterocycles. The molecular weight excluding hydrogens is 821 g/mol. The zero-order valence-electron chi connectivity index (χ0n) is 35.8. The van der Waals surface area contributed by atoms with Gasteiger partial charge in [-0.25, -0.2) is 0 Å². The van der Waals surface area contributed by atoms with Gasteiger partial charge >= 0.3 is 0 Å². The van der Waals surface area contributed by atoms with Crippen LogP contribution in [0.25, 0.3) is 52.0 Å². The molecule has 0 aliphatic carbocycles. The minimum atomic E-state index is 1.08. The Balaban J connectivity index is 1.14. The van der Waals surface area contributed by atoms with Crippen LogP contribution in [0.2, 0.25) is 0 Å². The van der Waals surface area contributed by atoms with Crippen molar-refractivity contribution >= 4 is 68.9 Å². The van der Waals surface area contributed by atoms with Gasteiger partial charge in [-0.3, -0.25) is 0 Å². The van der Waals surface area contributed by atoms with Crippen LogP contribution in [0.4, 0.5) is 0 Å². The summed E-state index contributed by atoms with van der Waals surface area (Å²) in [5.74, 6) is 0. The molecule has 6 heterocycles. The lowest BCUT2D eigenvalue weighted by atomic mass is 10.1. The summed E-state index contributed by atoms with van der Waals surface area (Å²) >= 11 is 11.5. The number of aromatic nitrogens is 2. The van der Waals surface area contributed by atoms with E-state index in [1.807, 2.05) is 68.9 Å². The van der Waals surface area contributed by atoms with Crippen molar-refractivity contribution in [1.29, 1.82) is 0 Å². The van der Waals surface area contributed by atoms with Gasteiger partial charge in [-0.2, -0.15) is 0 Å². The third-order valence-corrected chi connectivity index (χ3v) is 18.3. The van der Waals surface area contributed by atoms with E-state index in [2.05, 4.69) is 108 Å². The molecule has 314 valence electrons. The summed E-state index contributed by atoms with van der Waals surface area (Å²) in [6.07, 6.45) is 31.7. The number of hydrogen-bond donors (Lipinski definition) is 0. The van der Waals surface area contributed by atoms with Gasteiger partial charge in [-0.05, 0) is 98.1 Å². The Morgan fingerprint density at radius 1 is 0.328 bits per heavy atom. The minimum Gasteiger partial charge on any atom is -0.339 e. The van der Waals surface area contributed by atoms with Crippen molar-refractivity contribution in [2.24, 2.45) is 0 Å². The predicted octanol–water partition coefficient (Wildman–Crippen LogP) is 19.2. The summed E-state index contributed by atoms with van der Waals surface area (Å²) in [5, 5.41) is 0. The average Bonchev–Trinajstić information content (AvgIpc) is 4.10. The highest BCUT2D eigenvalue weighted by molar-refractivity contribution is 8.00. The van der Waals surface area contributed by atoms with Gasteiger partial charge in [0.05, 0.1) is 50.7 Å². The summed E-state index contributed by atoms with van der Waals surface area (Å²) < 4.78 is 8.03. The van der Waals surface area contributed by atoms with Gasteiger partial charge in [0.25, 0.3) is 0 Å². The fourth-order valence-electron chi connectivity index (χ4n) is 8.14. The molecule has 0 N–H and O–H groups in total. The topological polar surface area (TPSA) is 9.86 Å². The standard InChI is InChI=1S/C50H68N2S6/c1-5-7-9-11-13-15-17-19-21-23-37-51-39(25-27-41(51)45-33-35-49(53-3)57-45)43-29-31-47(55-43)48-32-30-44(56-48)40-26-28-42(46-34-36-50(54-4)58-46)52(40)38-24-22-20-18-16-14-12-10-8-6-2/h25-36H,5-24,37-38H2,1-4H3. The fourth-order valence-corrected chi connectivity index (χ4v) is 13.5. The summed E-state index contributed by atoms with van der Waals surface area (Å²) in [7, 11) is 0. The van der Waals surface area contributed by atoms with Crippen LogP contribution in [0.3, 0.4) is 0 Å². The number of unbranched alkanes of at least 4 members (excludes halogenated alkanes) is 18. The van der Waals surface area contributed by atoms with E-state index in [1.54, 1.807) is 0 Å². The van der Waals surface area contributed by atoms with Gasteiger partial charge in [0, 0.05) is 22.8 Å². The van der Waals surface area contributed by atoms with Crippen molar-refractivity contribution in [3.63, 3.8) is 0 Å². The van der Waals surface area contributed by atoms with E-state index in [0.717, 1.165) is 13.1 Å². The summed E-state index contributed by atoms with van der Waals surface area (Å²) in [6, 6.07) is 28.2. The molecule has 6 aromatic rings. The average molecular weight is 890 g/mol. The van der Waals surface area contributed by atoms with E-state index < -0.39 is 0 Å². The molecule has 0 amide bonds. The van der Waals surface area contributed by atoms with Crippen LogP contribution in [0, 0.1) is 0 Å². The van der Waals surface area contributed by atoms with Gasteiger partial charge in [0.15, 0.2) is 0 Å². The molecular formula is C50H68N2S6. The number of thioether (sulfide) groups is 2. The van der Waals surface area contributed by atoms with Crippen LogP contribution >= 0.6 is 68.9 Å².